The fraction of sp³-hybridized carbons (Fsp3) is 0.576. The first-order valence-corrected chi connectivity index (χ1v) is 47.1. The minimum Gasteiger partial charge on any atom is -0.507 e. The Hall–Kier alpha value is -8.78. The fourth-order valence-corrected chi connectivity index (χ4v) is 20.9. The van der Waals surface area contributed by atoms with E-state index in [0.717, 1.165) is 101 Å². The van der Waals surface area contributed by atoms with Crippen molar-refractivity contribution < 1.29 is 132 Å². The molecule has 18 atom stereocenters. The van der Waals surface area contributed by atoms with Gasteiger partial charge in [-0.25, -0.2) is 0 Å². The van der Waals surface area contributed by atoms with Gasteiger partial charge < -0.3 is 116 Å². The minimum atomic E-state index is -4.84. The molecule has 0 aromatic heterocycles. The fourth-order valence-electron chi connectivity index (χ4n) is 20.1. The van der Waals surface area contributed by atoms with Gasteiger partial charge in [0.2, 0.25) is 47.5 Å². The molecule has 6 fully saturated rings. The number of ether oxygens (including phenoxy) is 6. The van der Waals surface area contributed by atoms with Crippen molar-refractivity contribution in [2.24, 2.45) is 53.1 Å². The van der Waals surface area contributed by atoms with Crippen molar-refractivity contribution in [2.75, 3.05) is 12.9 Å². The van der Waals surface area contributed by atoms with Crippen molar-refractivity contribution in [2.45, 2.75) is 274 Å². The summed E-state index contributed by atoms with van der Waals surface area (Å²) < 4.78 is 51.6. The predicted molar refractivity (Wildman–Crippen MR) is 466 cm³/mol. The van der Waals surface area contributed by atoms with Crippen molar-refractivity contribution in [3.63, 3.8) is 0 Å². The molecule has 0 unspecified atom stereocenters. The lowest BCUT2D eigenvalue weighted by molar-refractivity contribution is -0.333. The van der Waals surface area contributed by atoms with Crippen molar-refractivity contribution in [1.29, 1.82) is 0 Å². The first-order valence-electron chi connectivity index (χ1n) is 44.5. The van der Waals surface area contributed by atoms with E-state index < -0.39 is 270 Å². The zero-order valence-electron chi connectivity index (χ0n) is 72.7. The van der Waals surface area contributed by atoms with Crippen LogP contribution in [0.2, 0.25) is 10.0 Å². The Balaban J connectivity index is 1.02. The summed E-state index contributed by atoms with van der Waals surface area (Å²) in [5.41, 5.74) is 2.49. The number of hydrogen-bond acceptors (Lipinski definition) is 27. The number of aliphatic hydroxyl groups is 6. The summed E-state index contributed by atoms with van der Waals surface area (Å²) in [4.78, 5) is 160. The molecule has 0 spiro atoms. The highest BCUT2D eigenvalue weighted by Gasteiger charge is 2.54. The van der Waals surface area contributed by atoms with Crippen LogP contribution in [0.15, 0.2) is 72.8 Å². The molecule has 5 aromatic carbocycles. The van der Waals surface area contributed by atoms with E-state index in [4.69, 9.17) is 57.4 Å². The Morgan fingerprint density at radius 2 is 1.32 bits per heavy atom. The normalized spacial score (nSPS) is 30.1. The Labute approximate surface area is 756 Å². The van der Waals surface area contributed by atoms with Crippen LogP contribution in [0.5, 0.6) is 46.0 Å². The third kappa shape index (κ3) is 22.6. The van der Waals surface area contributed by atoms with Gasteiger partial charge in [-0.05, 0) is 183 Å². The number of imide groups is 1. The summed E-state index contributed by atoms with van der Waals surface area (Å²) in [6.07, 6.45) is -11.6. The third-order valence-electron chi connectivity index (χ3n) is 26.7. The number of benzene rings is 5. The zero-order valence-corrected chi connectivity index (χ0v) is 75.1. The van der Waals surface area contributed by atoms with Gasteiger partial charge in [0, 0.05) is 67.7 Å². The van der Waals surface area contributed by atoms with Crippen LogP contribution in [0.3, 0.4) is 0 Å². The number of carbonyl (C=O) groups is 9. The molecule has 15 bridgehead atoms. The van der Waals surface area contributed by atoms with Crippen LogP contribution in [-0.4, -0.2) is 188 Å². The van der Waals surface area contributed by atoms with Gasteiger partial charge in [0.05, 0.1) is 52.5 Å². The number of hydrogen-bond donors (Lipinski definition) is 18. The van der Waals surface area contributed by atoms with Gasteiger partial charge >= 0.3 is 7.60 Å². The molecular formula is C92H118Cl2N7O27P. The highest BCUT2D eigenvalue weighted by Crippen LogP contribution is 2.59. The minimum absolute atomic E-state index is 0.0569. The number of Topliss-reactive ketones (excluding diaryl/α,β-unsaturated/α-hetero) is 3. The van der Waals surface area contributed by atoms with E-state index >= 15 is 28.8 Å². The van der Waals surface area contributed by atoms with E-state index in [9.17, 15) is 74.7 Å². The number of phenolic OH excluding ortho intramolecular Hbond substituents is 3. The molecule has 129 heavy (non-hydrogen) atoms. The van der Waals surface area contributed by atoms with Gasteiger partial charge in [-0.1, -0.05) is 108 Å². The largest absolute Gasteiger partial charge is 0.507 e. The number of unbranched alkanes of at least 4 members (excludes halogenated alkanes) is 6. The number of fused-ring (bicyclic) bond motifs is 15. The van der Waals surface area contributed by atoms with E-state index in [1.54, 1.807) is 6.92 Å². The third-order valence-corrected chi connectivity index (χ3v) is 27.9. The molecule has 2 saturated heterocycles. The Morgan fingerprint density at radius 1 is 0.690 bits per heavy atom. The molecule has 16 rings (SSSR count). The smallest absolute Gasteiger partial charge is 0.339 e. The first kappa shape index (κ1) is 97.7. The molecule has 7 aliphatic heterocycles. The summed E-state index contributed by atoms with van der Waals surface area (Å²) >= 11 is 14.6. The van der Waals surface area contributed by atoms with Gasteiger partial charge in [-0.2, -0.15) is 0 Å². The van der Waals surface area contributed by atoms with Crippen molar-refractivity contribution in [3.05, 3.63) is 116 Å². The molecule has 7 heterocycles. The summed E-state index contributed by atoms with van der Waals surface area (Å²) in [6.45, 7) is 8.93. The van der Waals surface area contributed by atoms with Crippen LogP contribution in [0.1, 0.15) is 234 Å². The SMILES string of the molecule is CCCCCCCCCC(=O)NC(=O)C[C@@H]1CC(=O)[C@H](NC(=O)[C@@H](CC)CC(C)C)[C@H](O)c2ccc(c(Cl)c2)Oc2cc3cc(c2O[C@@H]2O[C@H](CO)[C@@H](O)[C@H](O)[C@H]2O[C@H]2C[C@](C)(N)[C@H](O)[C@H](C)O2)Oc2ccc(cc2Cl)[C@@H](O)[C@@H]2NC(=O)[C@H](CC(=O)[C@@H]3NC1=O)c1ccc(O)c(c1)-c1c(cc(O)c(CNCP(=O)(O)O)c1O)[C@@H](C(=O)CC1C3CC4CC(C3)CC1C4)NC2=O. The van der Waals surface area contributed by atoms with Crippen LogP contribution in [0, 0.1) is 47.3 Å². The van der Waals surface area contributed by atoms with E-state index in [1.807, 2.05) is 13.8 Å². The molecule has 19 N–H and O–H groups in total. The summed E-state index contributed by atoms with van der Waals surface area (Å²) in [7, 11) is -4.84. The van der Waals surface area contributed by atoms with E-state index in [1.165, 1.54) is 50.2 Å². The summed E-state index contributed by atoms with van der Waals surface area (Å²) in [5.74, 6) is -18.2. The quantitative estimate of drug-likeness (QED) is 0.0172. The van der Waals surface area contributed by atoms with Crippen LogP contribution in [-0.2, 0) is 68.5 Å². The molecule has 34 nitrogen and oxygen atoms in total. The maximum absolute atomic E-state index is 16.9. The van der Waals surface area contributed by atoms with Crippen molar-refractivity contribution in [1.82, 2.24) is 31.9 Å². The van der Waals surface area contributed by atoms with Crippen LogP contribution >= 0.6 is 30.8 Å². The average Bonchev–Trinajstić information content (AvgIpc) is 0.752. The molecule has 6 amide bonds. The van der Waals surface area contributed by atoms with E-state index in [-0.39, 0.29) is 88.1 Å². The topological polar surface area (TPSA) is 547 Å². The number of amides is 6. The number of ketones is 3. The second kappa shape index (κ2) is 41.6. The zero-order chi connectivity index (χ0) is 93.1. The van der Waals surface area contributed by atoms with Gasteiger partial charge in [0.25, 0.3) is 0 Å². The average molecular weight is 1860 g/mol. The van der Waals surface area contributed by atoms with E-state index in [0.29, 0.717) is 31.1 Å². The van der Waals surface area contributed by atoms with Crippen molar-refractivity contribution >= 4 is 83.6 Å². The van der Waals surface area contributed by atoms with Crippen molar-refractivity contribution in [3.8, 4) is 57.1 Å². The highest BCUT2D eigenvalue weighted by atomic mass is 35.5. The lowest BCUT2D eigenvalue weighted by Gasteiger charge is -2.54. The monoisotopic (exact) mass is 1850 g/mol. The number of aliphatic hydroxyl groups excluding tert-OH is 6. The Morgan fingerprint density at radius 3 is 1.92 bits per heavy atom. The molecule has 11 aliphatic rings. The molecule has 4 aliphatic carbocycles. The van der Waals surface area contributed by atoms with Crippen LogP contribution in [0.4, 0.5) is 0 Å². The predicted octanol–water partition coefficient (Wildman–Crippen LogP) is 8.99. The number of rotatable bonds is 27. The van der Waals surface area contributed by atoms with Gasteiger partial charge in [-0.15, -0.1) is 0 Å². The molecule has 0 radical (unpaired) electrons. The maximum Gasteiger partial charge on any atom is 0.339 e. The number of phenols is 3. The second-order valence-corrected chi connectivity index (χ2v) is 39.3. The number of nitrogens with one attached hydrogen (secondary N) is 6. The van der Waals surface area contributed by atoms with E-state index in [2.05, 4.69) is 38.8 Å². The molecule has 4 saturated carbocycles. The number of aromatic hydroxyl groups is 3. The standard InChI is InChI=1S/C92H118Cl2N7O27P/c1-7-9-10-11-12-13-14-15-71(108)97-72(109)34-53-31-63(105)77(100-87(116)46(8-2)22-42(3)4)79(110)48-17-20-66(59(93)29-48)124-68-32-52-33-69(84(68)128-91-85(83(114)82(113)70(40-102)126-91)127-73-38-92(6,95)86(115)43(5)123-73)125-67-21-18-49(30-60(67)94)80(111)78-90(119)99-76(65(107)35-54-50-24-44-23-45(26-50)27-51(54)25-44)57-37-62(104)58(39-96-41-129(120,121)122)81(112)74(57)56-28-47(16-19-61(56)103)55(89(118)101-78)36-64(106)75(52)98-88(53)117/h16-21,28-30,32-33,37,42-46,50-51,53-55,70,73,75-80,82-83,85-86,91,96,102-104,110-115H,7-15,22-27,31,34-36,38-41,95H2,1-6H3,(H,98,117)(H,99,119)(H,100,116)(H,101,118)(H,97,108,109)(H2,120,121,122)/t43-,44?,45?,46-,50?,51?,53-,54?,55+,70+,73-,75+,76-,77-,78-,79+,80+,82+,83-,85+,86+,91-,92-/m0/s1. The summed E-state index contributed by atoms with van der Waals surface area (Å²) in [5, 5.41) is 124. The first-order chi connectivity index (χ1) is 61.2. The summed E-state index contributed by atoms with van der Waals surface area (Å²) in [6, 6.07) is 5.48. The van der Waals surface area contributed by atoms with Gasteiger partial charge in [0.1, 0.15) is 83.4 Å². The maximum atomic E-state index is 16.9. The Kier molecular flexibility index (Phi) is 31.5. The lowest BCUT2D eigenvalue weighted by atomic mass is 9.51. The molecule has 702 valence electrons. The molecule has 37 heteroatoms. The number of carbonyl (C=O) groups excluding carboxylic acids is 9. The van der Waals surface area contributed by atoms with Crippen LogP contribution < -0.4 is 51.8 Å². The van der Waals surface area contributed by atoms with Gasteiger partial charge in [0.15, 0.2) is 41.2 Å². The van der Waals surface area contributed by atoms with Crippen LogP contribution in [0.25, 0.3) is 11.1 Å². The number of halogens is 2. The highest BCUT2D eigenvalue weighted by molar-refractivity contribution is 7.51. The Bertz CT molecular complexity index is 5040. The molecule has 5 aromatic rings. The number of nitrogens with two attached hydrogens (primary N) is 1. The lowest BCUT2D eigenvalue weighted by Crippen LogP contribution is -2.64. The second-order valence-electron chi connectivity index (χ2n) is 36.9. The molecular weight excluding hydrogens is 1740 g/mol. The van der Waals surface area contributed by atoms with Gasteiger partial charge in [-0.3, -0.25) is 53.0 Å².